The molecule has 0 spiro atoms. The van der Waals surface area contributed by atoms with Gasteiger partial charge < -0.3 is 9.64 Å². The van der Waals surface area contributed by atoms with Crippen LogP contribution in [-0.2, 0) is 10.5 Å². The highest BCUT2D eigenvalue weighted by Crippen LogP contribution is 2.15. The number of hydrogen-bond acceptors (Lipinski definition) is 5. The highest BCUT2D eigenvalue weighted by molar-refractivity contribution is 8.22. The second-order valence-electron chi connectivity index (χ2n) is 3.72. The van der Waals surface area contributed by atoms with Gasteiger partial charge in [-0.15, -0.1) is 0 Å². The second-order valence-corrected chi connectivity index (χ2v) is 5.33. The standard InChI is InChI=1S/C12H16N2O2S2/c1-4-16-11(15)10-6-5-9(7-13-10)8-18-12(17)14(2)3/h5-7H,4,8H2,1-3H3. The highest BCUT2D eigenvalue weighted by atomic mass is 32.2. The van der Waals surface area contributed by atoms with E-state index in [-0.39, 0.29) is 5.97 Å². The van der Waals surface area contributed by atoms with E-state index in [2.05, 4.69) is 4.98 Å². The van der Waals surface area contributed by atoms with Crippen molar-refractivity contribution in [1.29, 1.82) is 0 Å². The maximum atomic E-state index is 11.4. The average molecular weight is 284 g/mol. The fourth-order valence-electron chi connectivity index (χ4n) is 1.11. The Hall–Kier alpha value is -1.14. The Morgan fingerprint density at radius 3 is 2.72 bits per heavy atom. The maximum absolute atomic E-state index is 11.4. The lowest BCUT2D eigenvalue weighted by Crippen LogP contribution is -2.16. The number of aromatic nitrogens is 1. The molecule has 1 rings (SSSR count). The van der Waals surface area contributed by atoms with Crippen LogP contribution >= 0.6 is 24.0 Å². The van der Waals surface area contributed by atoms with E-state index in [4.69, 9.17) is 17.0 Å². The van der Waals surface area contributed by atoms with Gasteiger partial charge in [0, 0.05) is 26.0 Å². The van der Waals surface area contributed by atoms with Crippen LogP contribution in [0.2, 0.25) is 0 Å². The van der Waals surface area contributed by atoms with Gasteiger partial charge in [-0.1, -0.05) is 30.0 Å². The quantitative estimate of drug-likeness (QED) is 0.624. The van der Waals surface area contributed by atoms with Crippen molar-refractivity contribution < 1.29 is 9.53 Å². The zero-order valence-corrected chi connectivity index (χ0v) is 12.3. The molecule has 4 nitrogen and oxygen atoms in total. The molecule has 0 N–H and O–H groups in total. The van der Waals surface area contributed by atoms with Crippen LogP contribution in [-0.4, -0.2) is 40.9 Å². The number of thioether (sulfide) groups is 1. The molecule has 0 unspecified atom stereocenters. The molecule has 0 atom stereocenters. The van der Waals surface area contributed by atoms with Crippen molar-refractivity contribution in [3.63, 3.8) is 0 Å². The molecular formula is C12H16N2O2S2. The van der Waals surface area contributed by atoms with Gasteiger partial charge in [-0.25, -0.2) is 9.78 Å². The summed E-state index contributed by atoms with van der Waals surface area (Å²) in [4.78, 5) is 17.4. The summed E-state index contributed by atoms with van der Waals surface area (Å²) in [5.41, 5.74) is 1.36. The van der Waals surface area contributed by atoms with E-state index in [1.165, 1.54) is 0 Å². The van der Waals surface area contributed by atoms with Crippen LogP contribution < -0.4 is 0 Å². The van der Waals surface area contributed by atoms with Gasteiger partial charge in [0.1, 0.15) is 10.0 Å². The Morgan fingerprint density at radius 1 is 1.50 bits per heavy atom. The van der Waals surface area contributed by atoms with Crippen LogP contribution in [0.5, 0.6) is 0 Å². The Morgan fingerprint density at radius 2 is 2.22 bits per heavy atom. The van der Waals surface area contributed by atoms with E-state index in [9.17, 15) is 4.79 Å². The molecule has 1 aromatic heterocycles. The monoisotopic (exact) mass is 284 g/mol. The normalized spacial score (nSPS) is 9.94. The number of pyridine rings is 1. The number of carbonyl (C=O) groups is 1. The first-order valence-corrected chi connectivity index (χ1v) is 6.90. The Kier molecular flexibility index (Phi) is 6.07. The van der Waals surface area contributed by atoms with Gasteiger partial charge in [0.25, 0.3) is 0 Å². The molecule has 0 aliphatic carbocycles. The van der Waals surface area contributed by atoms with E-state index < -0.39 is 0 Å². The molecule has 98 valence electrons. The Labute approximate surface area is 117 Å². The van der Waals surface area contributed by atoms with Crippen molar-refractivity contribution in [2.24, 2.45) is 0 Å². The minimum absolute atomic E-state index is 0.334. The third-order valence-corrected chi connectivity index (χ3v) is 3.85. The Bertz CT molecular complexity index is 419. The smallest absolute Gasteiger partial charge is 0.356 e. The summed E-state index contributed by atoms with van der Waals surface area (Å²) in [5, 5.41) is 0. The lowest BCUT2D eigenvalue weighted by Gasteiger charge is -2.12. The van der Waals surface area contributed by atoms with Gasteiger partial charge in [-0.3, -0.25) is 0 Å². The molecule has 0 bridgehead atoms. The minimum Gasteiger partial charge on any atom is -0.461 e. The van der Waals surface area contributed by atoms with Crippen LogP contribution in [0.15, 0.2) is 18.3 Å². The second kappa shape index (κ2) is 7.33. The van der Waals surface area contributed by atoms with Crippen molar-refractivity contribution in [3.8, 4) is 0 Å². The summed E-state index contributed by atoms with van der Waals surface area (Å²) in [7, 11) is 3.83. The molecule has 0 saturated heterocycles. The van der Waals surface area contributed by atoms with Gasteiger partial charge >= 0.3 is 5.97 Å². The van der Waals surface area contributed by atoms with Crippen LogP contribution in [0.1, 0.15) is 23.0 Å². The van der Waals surface area contributed by atoms with Crippen LogP contribution in [0, 0.1) is 0 Å². The van der Waals surface area contributed by atoms with Crippen LogP contribution in [0.4, 0.5) is 0 Å². The molecule has 0 radical (unpaired) electrons. The maximum Gasteiger partial charge on any atom is 0.356 e. The van der Waals surface area contributed by atoms with Crippen LogP contribution in [0.3, 0.4) is 0 Å². The van der Waals surface area contributed by atoms with Crippen molar-refractivity contribution in [1.82, 2.24) is 9.88 Å². The zero-order chi connectivity index (χ0) is 13.5. The Balaban J connectivity index is 2.55. The number of carbonyl (C=O) groups excluding carboxylic acids is 1. The summed E-state index contributed by atoms with van der Waals surface area (Å²) in [6, 6.07) is 3.54. The molecule has 6 heteroatoms. The summed E-state index contributed by atoms with van der Waals surface area (Å²) < 4.78 is 5.69. The molecule has 0 aromatic carbocycles. The number of nitrogens with zero attached hydrogens (tertiary/aromatic N) is 2. The van der Waals surface area contributed by atoms with Crippen molar-refractivity contribution in [2.45, 2.75) is 12.7 Å². The van der Waals surface area contributed by atoms with E-state index in [1.807, 2.05) is 25.1 Å². The summed E-state index contributed by atoms with van der Waals surface area (Å²) >= 11 is 6.74. The molecular weight excluding hydrogens is 268 g/mol. The summed E-state index contributed by atoms with van der Waals surface area (Å²) in [5.74, 6) is 0.355. The predicted octanol–water partition coefficient (Wildman–Crippen LogP) is 2.34. The zero-order valence-electron chi connectivity index (χ0n) is 10.7. The molecule has 18 heavy (non-hydrogen) atoms. The van der Waals surface area contributed by atoms with Crippen molar-refractivity contribution in [3.05, 3.63) is 29.6 Å². The number of ether oxygens (including phenoxy) is 1. The molecule has 0 amide bonds. The summed E-state index contributed by atoms with van der Waals surface area (Å²) in [6.45, 7) is 2.13. The number of hydrogen-bond donors (Lipinski definition) is 0. The number of thiocarbonyl (C=S) groups is 1. The number of rotatable bonds is 4. The third-order valence-electron chi connectivity index (χ3n) is 2.04. The van der Waals surface area contributed by atoms with E-state index in [0.717, 1.165) is 15.6 Å². The first-order chi connectivity index (χ1) is 8.54. The van der Waals surface area contributed by atoms with Gasteiger partial charge in [-0.2, -0.15) is 0 Å². The average Bonchev–Trinajstić information content (AvgIpc) is 2.36. The number of esters is 1. The van der Waals surface area contributed by atoms with Gasteiger partial charge in [-0.05, 0) is 18.6 Å². The lowest BCUT2D eigenvalue weighted by molar-refractivity contribution is 0.0519. The fourth-order valence-corrected chi connectivity index (χ4v) is 2.01. The first-order valence-electron chi connectivity index (χ1n) is 5.50. The largest absolute Gasteiger partial charge is 0.461 e. The van der Waals surface area contributed by atoms with E-state index in [1.54, 1.807) is 30.9 Å². The highest BCUT2D eigenvalue weighted by Gasteiger charge is 2.08. The summed E-state index contributed by atoms with van der Waals surface area (Å²) in [6.07, 6.45) is 1.68. The molecule has 1 heterocycles. The third kappa shape index (κ3) is 4.62. The van der Waals surface area contributed by atoms with Gasteiger partial charge in [0.15, 0.2) is 0 Å². The fraction of sp³-hybridized carbons (Fsp3) is 0.417. The van der Waals surface area contributed by atoms with E-state index in [0.29, 0.717) is 12.3 Å². The minimum atomic E-state index is -0.388. The molecule has 0 fully saturated rings. The molecule has 1 aromatic rings. The van der Waals surface area contributed by atoms with Crippen molar-refractivity contribution >= 4 is 34.3 Å². The van der Waals surface area contributed by atoms with Gasteiger partial charge in [0.05, 0.1) is 6.61 Å². The molecule has 0 aliphatic heterocycles. The topological polar surface area (TPSA) is 42.4 Å². The SMILES string of the molecule is CCOC(=O)c1ccc(CSC(=S)N(C)C)cn1. The van der Waals surface area contributed by atoms with Crippen molar-refractivity contribution in [2.75, 3.05) is 20.7 Å². The van der Waals surface area contributed by atoms with Gasteiger partial charge in [0.2, 0.25) is 0 Å². The molecule has 0 aliphatic rings. The van der Waals surface area contributed by atoms with Crippen LogP contribution in [0.25, 0.3) is 0 Å². The van der Waals surface area contributed by atoms with E-state index >= 15 is 0 Å². The lowest BCUT2D eigenvalue weighted by atomic mass is 10.3. The molecule has 0 saturated carbocycles. The predicted molar refractivity (Wildman–Crippen MR) is 77.8 cm³/mol. The first kappa shape index (κ1) is 14.9.